The third-order valence-corrected chi connectivity index (χ3v) is 3.47. The van der Waals surface area contributed by atoms with E-state index < -0.39 is 0 Å². The molecular formula is C16H12ClFN2. The quantitative estimate of drug-likeness (QED) is 0.759. The fourth-order valence-electron chi connectivity index (χ4n) is 2.13. The van der Waals surface area contributed by atoms with Crippen LogP contribution in [0.15, 0.2) is 54.7 Å². The second-order valence-corrected chi connectivity index (χ2v) is 4.87. The van der Waals surface area contributed by atoms with Crippen LogP contribution >= 0.6 is 11.6 Å². The van der Waals surface area contributed by atoms with E-state index in [9.17, 15) is 4.39 Å². The van der Waals surface area contributed by atoms with Crippen molar-refractivity contribution in [1.82, 2.24) is 4.98 Å². The average molecular weight is 287 g/mol. The number of hydrogen-bond acceptors (Lipinski definition) is 2. The van der Waals surface area contributed by atoms with Gasteiger partial charge >= 0.3 is 0 Å². The maximum atomic E-state index is 13.2. The molecule has 1 aromatic heterocycles. The summed E-state index contributed by atoms with van der Waals surface area (Å²) in [5, 5.41) is 4.75. The van der Waals surface area contributed by atoms with E-state index in [1.165, 1.54) is 12.1 Å². The summed E-state index contributed by atoms with van der Waals surface area (Å²) < 4.78 is 13.2. The molecule has 1 heterocycles. The van der Waals surface area contributed by atoms with E-state index >= 15 is 0 Å². The molecule has 100 valence electrons. The highest BCUT2D eigenvalue weighted by molar-refractivity contribution is 6.33. The number of fused-ring (bicyclic) bond motifs is 1. The Morgan fingerprint density at radius 3 is 2.85 bits per heavy atom. The molecule has 0 aliphatic rings. The first kappa shape index (κ1) is 12.9. The molecule has 0 spiro atoms. The lowest BCUT2D eigenvalue weighted by Crippen LogP contribution is -2.01. The van der Waals surface area contributed by atoms with Gasteiger partial charge in [-0.15, -0.1) is 0 Å². The van der Waals surface area contributed by atoms with Crippen molar-refractivity contribution in [3.63, 3.8) is 0 Å². The van der Waals surface area contributed by atoms with Crippen molar-refractivity contribution in [3.8, 4) is 0 Å². The molecule has 0 saturated carbocycles. The summed E-state index contributed by atoms with van der Waals surface area (Å²) >= 11 is 6.04. The number of aromatic nitrogens is 1. The van der Waals surface area contributed by atoms with Crippen molar-refractivity contribution >= 4 is 28.2 Å². The molecule has 3 rings (SSSR count). The smallest absolute Gasteiger partial charge is 0.125 e. The van der Waals surface area contributed by atoms with Crippen molar-refractivity contribution in [1.29, 1.82) is 0 Å². The number of nitrogens with zero attached hydrogens (tertiary/aromatic N) is 1. The molecule has 20 heavy (non-hydrogen) atoms. The van der Waals surface area contributed by atoms with E-state index in [1.54, 1.807) is 12.3 Å². The second-order valence-electron chi connectivity index (χ2n) is 4.46. The molecule has 0 saturated heterocycles. The summed E-state index contributed by atoms with van der Waals surface area (Å²) in [6, 6.07) is 14.1. The van der Waals surface area contributed by atoms with Gasteiger partial charge in [-0.3, -0.25) is 4.98 Å². The Labute approximate surface area is 121 Å². The minimum absolute atomic E-state index is 0.309. The Morgan fingerprint density at radius 1 is 1.10 bits per heavy atom. The second kappa shape index (κ2) is 5.47. The first-order valence-corrected chi connectivity index (χ1v) is 6.63. The van der Waals surface area contributed by atoms with Crippen molar-refractivity contribution in [2.45, 2.75) is 6.54 Å². The monoisotopic (exact) mass is 286 g/mol. The third kappa shape index (κ3) is 2.58. The molecule has 0 atom stereocenters. The molecule has 3 aromatic rings. The van der Waals surface area contributed by atoms with E-state index in [2.05, 4.69) is 10.3 Å². The van der Waals surface area contributed by atoms with E-state index in [4.69, 9.17) is 11.6 Å². The Morgan fingerprint density at radius 2 is 1.95 bits per heavy atom. The topological polar surface area (TPSA) is 24.9 Å². The van der Waals surface area contributed by atoms with Crippen LogP contribution in [-0.2, 0) is 6.54 Å². The van der Waals surface area contributed by atoms with Gasteiger partial charge < -0.3 is 5.32 Å². The number of hydrogen-bond donors (Lipinski definition) is 1. The lowest BCUT2D eigenvalue weighted by molar-refractivity contribution is 0.628. The highest BCUT2D eigenvalue weighted by Crippen LogP contribution is 2.24. The SMILES string of the molecule is Fc1ccc(Cl)c(NCc2ccnc3ccccc23)c1. The van der Waals surface area contributed by atoms with Gasteiger partial charge in [-0.25, -0.2) is 4.39 Å². The number of para-hydroxylation sites is 1. The molecule has 1 N–H and O–H groups in total. The van der Waals surface area contributed by atoms with Gasteiger partial charge in [-0.05, 0) is 35.9 Å². The molecule has 4 heteroatoms. The Hall–Kier alpha value is -2.13. The van der Waals surface area contributed by atoms with Gasteiger partial charge in [0.05, 0.1) is 16.2 Å². The molecular weight excluding hydrogens is 275 g/mol. The zero-order valence-electron chi connectivity index (χ0n) is 10.6. The normalized spacial score (nSPS) is 10.7. The number of anilines is 1. The maximum Gasteiger partial charge on any atom is 0.125 e. The molecule has 2 nitrogen and oxygen atoms in total. The van der Waals surface area contributed by atoms with Crippen molar-refractivity contribution in [3.05, 3.63) is 71.1 Å². The van der Waals surface area contributed by atoms with E-state index in [1.807, 2.05) is 30.3 Å². The zero-order chi connectivity index (χ0) is 13.9. The number of halogens is 2. The van der Waals surface area contributed by atoms with Gasteiger partial charge in [0.15, 0.2) is 0 Å². The van der Waals surface area contributed by atoms with Crippen LogP contribution in [0.3, 0.4) is 0 Å². The predicted molar refractivity (Wildman–Crippen MR) is 80.5 cm³/mol. The number of pyridine rings is 1. The average Bonchev–Trinajstić information content (AvgIpc) is 2.48. The first-order chi connectivity index (χ1) is 9.74. The zero-order valence-corrected chi connectivity index (χ0v) is 11.4. The van der Waals surface area contributed by atoms with Crippen LogP contribution < -0.4 is 5.32 Å². The summed E-state index contributed by atoms with van der Waals surface area (Å²) in [6.07, 6.45) is 1.77. The van der Waals surface area contributed by atoms with Crippen molar-refractivity contribution in [2.24, 2.45) is 0 Å². The van der Waals surface area contributed by atoms with Gasteiger partial charge in [0.25, 0.3) is 0 Å². The van der Waals surface area contributed by atoms with Crippen LogP contribution in [0.1, 0.15) is 5.56 Å². The minimum atomic E-state index is -0.309. The molecule has 0 aliphatic heterocycles. The third-order valence-electron chi connectivity index (χ3n) is 3.14. The molecule has 0 amide bonds. The molecule has 0 unspecified atom stereocenters. The van der Waals surface area contributed by atoms with Crippen molar-refractivity contribution < 1.29 is 4.39 Å². The lowest BCUT2D eigenvalue weighted by atomic mass is 10.1. The highest BCUT2D eigenvalue weighted by atomic mass is 35.5. The summed E-state index contributed by atoms with van der Waals surface area (Å²) in [4.78, 5) is 4.31. The van der Waals surface area contributed by atoms with Gasteiger partial charge in [0, 0.05) is 18.1 Å². The molecule has 0 fully saturated rings. The Kier molecular flexibility index (Phi) is 3.52. The summed E-state index contributed by atoms with van der Waals surface area (Å²) in [5.74, 6) is -0.309. The Balaban J connectivity index is 1.89. The maximum absolute atomic E-state index is 13.2. The minimum Gasteiger partial charge on any atom is -0.380 e. The predicted octanol–water partition coefficient (Wildman–Crippen LogP) is 4.64. The molecule has 2 aromatic carbocycles. The summed E-state index contributed by atoms with van der Waals surface area (Å²) in [5.41, 5.74) is 2.63. The standard InChI is InChI=1S/C16H12ClFN2/c17-14-6-5-12(18)9-16(14)20-10-11-7-8-19-15-4-2-1-3-13(11)15/h1-9,20H,10H2. The molecule has 0 bridgehead atoms. The van der Waals surface area contributed by atoms with Crippen LogP contribution in [0, 0.1) is 5.82 Å². The van der Waals surface area contributed by atoms with Gasteiger partial charge in [0.1, 0.15) is 5.82 Å². The van der Waals surface area contributed by atoms with Crippen LogP contribution in [-0.4, -0.2) is 4.98 Å². The van der Waals surface area contributed by atoms with Crippen LogP contribution in [0.5, 0.6) is 0 Å². The first-order valence-electron chi connectivity index (χ1n) is 6.25. The van der Waals surface area contributed by atoms with Gasteiger partial charge in [-0.2, -0.15) is 0 Å². The number of nitrogens with one attached hydrogen (secondary N) is 1. The largest absolute Gasteiger partial charge is 0.380 e. The van der Waals surface area contributed by atoms with Crippen molar-refractivity contribution in [2.75, 3.05) is 5.32 Å². The highest BCUT2D eigenvalue weighted by Gasteiger charge is 2.04. The van der Waals surface area contributed by atoms with Crippen LogP contribution in [0.25, 0.3) is 10.9 Å². The van der Waals surface area contributed by atoms with E-state index in [0.717, 1.165) is 16.5 Å². The summed E-state index contributed by atoms with van der Waals surface area (Å²) in [6.45, 7) is 0.562. The fraction of sp³-hybridized carbons (Fsp3) is 0.0625. The molecule has 0 radical (unpaired) electrons. The number of benzene rings is 2. The van der Waals surface area contributed by atoms with Gasteiger partial charge in [0.2, 0.25) is 0 Å². The fourth-order valence-corrected chi connectivity index (χ4v) is 2.32. The van der Waals surface area contributed by atoms with E-state index in [0.29, 0.717) is 17.3 Å². The van der Waals surface area contributed by atoms with Crippen LogP contribution in [0.4, 0.5) is 10.1 Å². The van der Waals surface area contributed by atoms with E-state index in [-0.39, 0.29) is 5.82 Å². The van der Waals surface area contributed by atoms with Crippen LogP contribution in [0.2, 0.25) is 5.02 Å². The summed E-state index contributed by atoms with van der Waals surface area (Å²) in [7, 11) is 0. The lowest BCUT2D eigenvalue weighted by Gasteiger charge is -2.10. The molecule has 0 aliphatic carbocycles. The van der Waals surface area contributed by atoms with Gasteiger partial charge in [-0.1, -0.05) is 29.8 Å². The number of rotatable bonds is 3. The Bertz CT molecular complexity index is 753.